The van der Waals surface area contributed by atoms with Gasteiger partial charge in [0.1, 0.15) is 30.4 Å². The first-order valence-corrected chi connectivity index (χ1v) is 28.2. The fourth-order valence-corrected chi connectivity index (χ4v) is 12.7. The molecule has 19 nitrogen and oxygen atoms in total. The fourth-order valence-electron chi connectivity index (χ4n) is 11.3. The minimum atomic E-state index is -3.76. The van der Waals surface area contributed by atoms with Crippen molar-refractivity contribution in [2.75, 3.05) is 66.2 Å². The van der Waals surface area contributed by atoms with Gasteiger partial charge in [-0.25, -0.2) is 4.79 Å². The highest BCUT2D eigenvalue weighted by molar-refractivity contribution is 8.03. The van der Waals surface area contributed by atoms with Gasteiger partial charge in [0.25, 0.3) is 24.5 Å². The Morgan fingerprint density at radius 2 is 1.23 bits per heavy atom. The third-order valence-corrected chi connectivity index (χ3v) is 16.8. The van der Waals surface area contributed by atoms with Crippen LogP contribution in [0.4, 0.5) is 27.5 Å². The van der Waals surface area contributed by atoms with Crippen molar-refractivity contribution in [3.05, 3.63) is 160 Å². The van der Waals surface area contributed by atoms with E-state index in [1.54, 1.807) is 32.5 Å². The molecule has 0 aliphatic carbocycles. The van der Waals surface area contributed by atoms with E-state index >= 15 is 0 Å². The Bertz CT molecular complexity index is 4140. The number of aromatic amines is 3. The van der Waals surface area contributed by atoms with Crippen LogP contribution in [0.15, 0.2) is 125 Å². The molecule has 0 bridgehead atoms. The quantitative estimate of drug-likeness (QED) is 0.0410. The van der Waals surface area contributed by atoms with Crippen LogP contribution < -0.4 is 34.8 Å². The molecule has 4 aliphatic heterocycles. The number of hydrogen-bond acceptors (Lipinski definition) is 10. The van der Waals surface area contributed by atoms with E-state index in [9.17, 15) is 33.4 Å². The van der Waals surface area contributed by atoms with Crippen molar-refractivity contribution >= 4 is 122 Å². The van der Waals surface area contributed by atoms with E-state index < -0.39 is 26.3 Å². The van der Waals surface area contributed by atoms with Crippen molar-refractivity contribution in [2.45, 2.75) is 30.9 Å². The van der Waals surface area contributed by atoms with Crippen LogP contribution in [-0.2, 0) is 44.6 Å². The van der Waals surface area contributed by atoms with Gasteiger partial charge in [0.05, 0.1) is 16.1 Å². The fraction of sp³-hybridized carbons (Fsp3) is 0.193. The number of aromatic nitrogens is 4. The number of pyridine rings is 1. The molecule has 1 atom stereocenters. The van der Waals surface area contributed by atoms with E-state index in [0.717, 1.165) is 89.1 Å². The number of H-pyrrole nitrogens is 3. The van der Waals surface area contributed by atoms with Crippen molar-refractivity contribution in [1.29, 1.82) is 0 Å². The molecular formula is C57H50N10O9PS+. The number of hydrogen-bond donors (Lipinski definition) is 6. The minimum Gasteiger partial charge on any atom is -0.388 e. The number of amides is 5. The minimum absolute atomic E-state index is 0.0568. The maximum atomic E-state index is 14.3. The van der Waals surface area contributed by atoms with E-state index in [-0.39, 0.29) is 36.7 Å². The zero-order chi connectivity index (χ0) is 53.6. The summed E-state index contributed by atoms with van der Waals surface area (Å²) in [6, 6.07) is 34.9. The number of thioether (sulfide) groups is 1. The molecular weight excluding hydrogens is 1030 g/mol. The molecule has 4 aliphatic rings. The predicted octanol–water partition coefficient (Wildman–Crippen LogP) is 8.31. The molecule has 0 saturated carbocycles. The number of nitrogens with zero attached hydrogens (tertiary/aromatic N) is 5. The van der Waals surface area contributed by atoms with Gasteiger partial charge in [-0.1, -0.05) is 36.0 Å². The SMILES string of the molecule is CN1/C(=C/c2cc[n+](COC(=O)NCC(=O)N3CCc4c3ccc3[nH]c(C(=O)N5CCc6c5ccc5[nH]c(C(=O)N7CCc8c7ccc7[nH]c(C(=O)NCOP(C)(=O)O)cc87)cc65)cc43)c3ccccc23)Sc2ccccc21. The second-order valence-electron chi connectivity index (χ2n) is 19.7. The van der Waals surface area contributed by atoms with E-state index in [1.165, 1.54) is 10.6 Å². The average molecular weight is 1080 g/mol. The van der Waals surface area contributed by atoms with Crippen LogP contribution in [0.3, 0.4) is 0 Å². The predicted molar refractivity (Wildman–Crippen MR) is 298 cm³/mol. The highest BCUT2D eigenvalue weighted by atomic mass is 32.2. The van der Waals surface area contributed by atoms with Gasteiger partial charge in [-0.3, -0.25) is 28.3 Å². The Hall–Kier alpha value is -8.68. The summed E-state index contributed by atoms with van der Waals surface area (Å²) in [6.07, 6.45) is 5.07. The van der Waals surface area contributed by atoms with Gasteiger partial charge in [0, 0.05) is 100 Å². The zero-order valence-corrected chi connectivity index (χ0v) is 43.9. The summed E-state index contributed by atoms with van der Waals surface area (Å²) in [5.74, 6) is -1.19. The Labute approximate surface area is 449 Å². The largest absolute Gasteiger partial charge is 0.412 e. The lowest BCUT2D eigenvalue weighted by Crippen LogP contribution is -2.42. The van der Waals surface area contributed by atoms with Gasteiger partial charge in [-0.15, -0.1) is 0 Å². The number of rotatable bonds is 11. The summed E-state index contributed by atoms with van der Waals surface area (Å²) < 4.78 is 23.7. The van der Waals surface area contributed by atoms with Gasteiger partial charge in [-0.2, -0.15) is 4.57 Å². The molecule has 4 aromatic heterocycles. The van der Waals surface area contributed by atoms with E-state index in [0.29, 0.717) is 55.8 Å². The number of carbonyl (C=O) groups is 5. The molecule has 392 valence electrons. The molecule has 0 radical (unpaired) electrons. The summed E-state index contributed by atoms with van der Waals surface area (Å²) in [5, 5.41) is 9.74. The number of anilines is 4. The Morgan fingerprint density at radius 1 is 0.679 bits per heavy atom. The third-order valence-electron chi connectivity index (χ3n) is 15.1. The van der Waals surface area contributed by atoms with Crippen molar-refractivity contribution < 1.29 is 47.3 Å². The van der Waals surface area contributed by atoms with Crippen LogP contribution in [0.5, 0.6) is 0 Å². The number of benzene rings is 5. The monoisotopic (exact) mass is 1080 g/mol. The molecule has 78 heavy (non-hydrogen) atoms. The van der Waals surface area contributed by atoms with Crippen molar-refractivity contribution in [1.82, 2.24) is 25.6 Å². The van der Waals surface area contributed by atoms with Gasteiger partial charge < -0.3 is 54.8 Å². The molecule has 21 heteroatoms. The third kappa shape index (κ3) is 8.62. The van der Waals surface area contributed by atoms with Gasteiger partial charge >= 0.3 is 13.7 Å². The molecule has 8 heterocycles. The van der Waals surface area contributed by atoms with E-state index in [1.807, 2.05) is 102 Å². The number of carbonyl (C=O) groups excluding carboxylic acids is 5. The number of fused-ring (bicyclic) bond motifs is 11. The maximum Gasteiger partial charge on any atom is 0.412 e. The molecule has 0 saturated heterocycles. The highest BCUT2D eigenvalue weighted by Gasteiger charge is 2.34. The standard InChI is InChI=1S/C57H49N10O9PS/c1-63-50-9-5-6-10-51(50)78-53(63)25-32-17-21-64(46-8-4-3-7-33(32)46)31-75-57(72)58-29-52(68)65-22-18-34-38-27-44(61-41(38)11-14-47(34)65)55(70)67-24-20-36-39-28-45(62-42(39)13-16-49(36)67)56(71)66-23-19-35-37-26-43(60-40(37)12-15-48(35)66)54(69)59-30-76-77(2,73)74/h3-17,21,25-28H,18-20,22-24,29-31H2,1-2H3,(H5-,58,59,60,61,62,69,70,71,72,73,74)/p+1. The lowest BCUT2D eigenvalue weighted by atomic mass is 10.1. The van der Waals surface area contributed by atoms with Gasteiger partial charge in [-0.05, 0) is 120 Å². The van der Waals surface area contributed by atoms with Gasteiger partial charge in [0.15, 0.2) is 6.20 Å². The Kier molecular flexibility index (Phi) is 12.0. The topological polar surface area (TPSA) is 229 Å². The smallest absolute Gasteiger partial charge is 0.388 e. The van der Waals surface area contributed by atoms with Crippen molar-refractivity contribution in [3.8, 4) is 0 Å². The second-order valence-corrected chi connectivity index (χ2v) is 22.6. The highest BCUT2D eigenvalue weighted by Crippen LogP contribution is 2.46. The summed E-state index contributed by atoms with van der Waals surface area (Å²) in [5.41, 5.74) is 11.5. The van der Waals surface area contributed by atoms with Crippen LogP contribution in [-0.4, -0.2) is 96.2 Å². The van der Waals surface area contributed by atoms with E-state index in [2.05, 4.69) is 55.7 Å². The molecule has 6 N–H and O–H groups in total. The molecule has 5 amide bonds. The number of para-hydroxylation sites is 2. The average Bonchev–Trinajstić information content (AvgIpc) is 4.46. The Morgan fingerprint density at radius 3 is 1.85 bits per heavy atom. The van der Waals surface area contributed by atoms with Crippen LogP contribution in [0.25, 0.3) is 49.7 Å². The lowest BCUT2D eigenvalue weighted by Gasteiger charge is -2.17. The molecule has 5 aromatic carbocycles. The zero-order valence-electron chi connectivity index (χ0n) is 42.2. The molecule has 13 rings (SSSR count). The van der Waals surface area contributed by atoms with Crippen LogP contribution in [0.2, 0.25) is 0 Å². The number of nitrogens with one attached hydrogen (secondary N) is 5. The van der Waals surface area contributed by atoms with Gasteiger partial charge in [0.2, 0.25) is 11.4 Å². The first-order chi connectivity index (χ1) is 37.7. The molecule has 0 fully saturated rings. The first-order valence-electron chi connectivity index (χ1n) is 25.4. The maximum absolute atomic E-state index is 14.3. The Balaban J connectivity index is 0.650. The summed E-state index contributed by atoms with van der Waals surface area (Å²) in [7, 11) is -1.70. The summed E-state index contributed by atoms with van der Waals surface area (Å²) in [4.78, 5) is 95.7. The molecule has 0 spiro atoms. The summed E-state index contributed by atoms with van der Waals surface area (Å²) >= 11 is 1.72. The second kappa shape index (κ2) is 19.1. The molecule has 1 unspecified atom stereocenters. The van der Waals surface area contributed by atoms with Crippen LogP contribution >= 0.6 is 19.4 Å². The van der Waals surface area contributed by atoms with Crippen molar-refractivity contribution in [3.63, 3.8) is 0 Å². The van der Waals surface area contributed by atoms with Crippen LogP contribution in [0.1, 0.15) is 53.7 Å². The first kappa shape index (κ1) is 48.9. The van der Waals surface area contributed by atoms with Crippen LogP contribution in [0, 0.1) is 0 Å². The van der Waals surface area contributed by atoms with E-state index in [4.69, 9.17) is 9.26 Å². The lowest BCUT2D eigenvalue weighted by molar-refractivity contribution is -0.703. The normalized spacial score (nSPS) is 15.8. The number of alkyl carbamates (subject to hydrolysis) is 1. The summed E-state index contributed by atoms with van der Waals surface area (Å²) in [6.45, 7) is 1.59. The molecule has 9 aromatic rings. The van der Waals surface area contributed by atoms with Crippen molar-refractivity contribution in [2.24, 2.45) is 0 Å². The number of ether oxygens (including phenoxy) is 1.